The molecule has 1 aromatic heterocycles. The van der Waals surface area contributed by atoms with Gasteiger partial charge in [0.05, 0.1) is 32.0 Å². The fraction of sp³-hybridized carbons (Fsp3) is 0.156. The first kappa shape index (κ1) is 30.4. The van der Waals surface area contributed by atoms with Gasteiger partial charge in [0, 0.05) is 20.5 Å². The Bertz CT molecular complexity index is 1910. The normalized spacial score (nSPS) is 14.6. The summed E-state index contributed by atoms with van der Waals surface area (Å²) in [4.78, 5) is 34.3. The summed E-state index contributed by atoms with van der Waals surface area (Å²) in [6.07, 6.45) is 9.24. The summed E-state index contributed by atoms with van der Waals surface area (Å²) in [5.41, 5.74) is 2.76. The molecular weight excluding hydrogens is 747 g/mol. The van der Waals surface area contributed by atoms with Crippen LogP contribution >= 0.6 is 61.6 Å². The minimum atomic E-state index is -0.742. The van der Waals surface area contributed by atoms with Crippen LogP contribution in [0, 0.1) is 15.9 Å². The van der Waals surface area contributed by atoms with Crippen LogP contribution in [0.1, 0.15) is 29.7 Å². The van der Waals surface area contributed by atoms with E-state index in [4.69, 9.17) is 20.9 Å². The monoisotopic (exact) mass is 770 g/mol. The number of esters is 1. The number of ether oxygens (including phenoxy) is 2. The quantitative estimate of drug-likeness (QED) is 0.0948. The number of halogens is 2. The van der Waals surface area contributed by atoms with E-state index in [1.54, 1.807) is 29.3 Å². The van der Waals surface area contributed by atoms with E-state index >= 15 is 0 Å². The molecule has 0 spiro atoms. The van der Waals surface area contributed by atoms with Crippen molar-refractivity contribution in [3.63, 3.8) is 0 Å². The van der Waals surface area contributed by atoms with Gasteiger partial charge in [-0.05, 0) is 71.7 Å². The number of rotatable bonds is 8. The number of hydrogen-bond donors (Lipinski definition) is 0. The maximum atomic E-state index is 14.2. The Morgan fingerprint density at radius 3 is 2.62 bits per heavy atom. The van der Waals surface area contributed by atoms with Crippen molar-refractivity contribution in [3.05, 3.63) is 117 Å². The highest BCUT2D eigenvalue weighted by molar-refractivity contribution is 14.1. The number of aromatic nitrogens is 1. The van der Waals surface area contributed by atoms with E-state index in [0.29, 0.717) is 31.9 Å². The SMILES string of the molecule is C#CCOc1c(I)cc(Br)cc1/C=c1\sc2n(c1=O)[C@@H](c1ccc(SC)cc1)C(C(=O)OCC)=C(c1ccccc1)N=2. The van der Waals surface area contributed by atoms with Crippen molar-refractivity contribution in [2.24, 2.45) is 4.99 Å². The van der Waals surface area contributed by atoms with Crippen molar-refractivity contribution in [1.29, 1.82) is 0 Å². The average Bonchev–Trinajstić information content (AvgIpc) is 3.30. The van der Waals surface area contributed by atoms with Crippen LogP contribution in [0.2, 0.25) is 0 Å². The maximum Gasteiger partial charge on any atom is 0.338 e. The average molecular weight is 771 g/mol. The second kappa shape index (κ2) is 13.5. The summed E-state index contributed by atoms with van der Waals surface area (Å²) in [6, 6.07) is 20.4. The fourth-order valence-electron chi connectivity index (χ4n) is 4.64. The molecule has 0 amide bonds. The van der Waals surface area contributed by atoms with Gasteiger partial charge in [-0.25, -0.2) is 9.79 Å². The minimum Gasteiger partial charge on any atom is -0.479 e. The Hall–Kier alpha value is -3.11. The first-order chi connectivity index (χ1) is 20.4. The van der Waals surface area contributed by atoms with Gasteiger partial charge in [-0.2, -0.15) is 0 Å². The Balaban J connectivity index is 1.82. The number of nitrogens with zero attached hydrogens (tertiary/aromatic N) is 2. The van der Waals surface area contributed by atoms with Crippen molar-refractivity contribution >= 4 is 79.4 Å². The van der Waals surface area contributed by atoms with E-state index in [1.807, 2.05) is 73.0 Å². The standard InChI is InChI=1S/C32H24BrIN2O4S2/c1-4-15-40-29-21(16-22(33)18-24(29)34)17-25-30(37)36-28(20-11-13-23(41-3)14-12-20)26(31(38)39-5-2)27(35-32(36)42-25)19-9-7-6-8-10-19/h1,6-14,16-18,28H,5,15H2,2-3H3/b25-17-/t28-/m0/s1. The predicted molar refractivity (Wildman–Crippen MR) is 180 cm³/mol. The lowest BCUT2D eigenvalue weighted by Crippen LogP contribution is -2.40. The molecule has 0 N–H and O–H groups in total. The molecule has 0 saturated heterocycles. The molecule has 10 heteroatoms. The second-order valence-electron chi connectivity index (χ2n) is 9.00. The van der Waals surface area contributed by atoms with E-state index < -0.39 is 12.0 Å². The summed E-state index contributed by atoms with van der Waals surface area (Å²) in [5.74, 6) is 2.57. The largest absolute Gasteiger partial charge is 0.479 e. The zero-order valence-corrected chi connectivity index (χ0v) is 28.0. The molecule has 1 atom stereocenters. The highest BCUT2D eigenvalue weighted by Crippen LogP contribution is 2.36. The van der Waals surface area contributed by atoms with Gasteiger partial charge in [0.2, 0.25) is 0 Å². The van der Waals surface area contributed by atoms with Gasteiger partial charge >= 0.3 is 5.97 Å². The van der Waals surface area contributed by atoms with Crippen LogP contribution in [0.25, 0.3) is 11.8 Å². The summed E-state index contributed by atoms with van der Waals surface area (Å²) >= 11 is 8.60. The highest BCUT2D eigenvalue weighted by atomic mass is 127. The van der Waals surface area contributed by atoms with Crippen LogP contribution in [0.4, 0.5) is 0 Å². The topological polar surface area (TPSA) is 69.9 Å². The number of thiazole rings is 1. The molecule has 1 aliphatic rings. The Morgan fingerprint density at radius 1 is 1.21 bits per heavy atom. The van der Waals surface area contributed by atoms with E-state index in [2.05, 4.69) is 44.4 Å². The molecule has 0 unspecified atom stereocenters. The van der Waals surface area contributed by atoms with Crippen LogP contribution in [-0.2, 0) is 9.53 Å². The van der Waals surface area contributed by atoms with Gasteiger partial charge < -0.3 is 9.47 Å². The summed E-state index contributed by atoms with van der Waals surface area (Å²) in [6.45, 7) is 2.04. The fourth-order valence-corrected chi connectivity index (χ4v) is 7.74. The van der Waals surface area contributed by atoms with Gasteiger partial charge in [0.1, 0.15) is 12.4 Å². The Kier molecular flexibility index (Phi) is 9.73. The smallest absolute Gasteiger partial charge is 0.338 e. The molecule has 0 aliphatic carbocycles. The third kappa shape index (κ3) is 6.15. The summed E-state index contributed by atoms with van der Waals surface area (Å²) < 4.78 is 15.1. The molecule has 6 nitrogen and oxygen atoms in total. The van der Waals surface area contributed by atoms with Crippen molar-refractivity contribution in [3.8, 4) is 18.1 Å². The van der Waals surface area contributed by atoms with Crippen molar-refractivity contribution < 1.29 is 14.3 Å². The van der Waals surface area contributed by atoms with Gasteiger partial charge in [0.15, 0.2) is 4.80 Å². The third-order valence-corrected chi connectivity index (χ3v) is 9.41. The molecule has 0 saturated carbocycles. The van der Waals surface area contributed by atoms with E-state index in [1.165, 1.54) is 11.3 Å². The van der Waals surface area contributed by atoms with Gasteiger partial charge in [-0.1, -0.05) is 75.7 Å². The van der Waals surface area contributed by atoms with Crippen molar-refractivity contribution in [2.75, 3.05) is 19.5 Å². The van der Waals surface area contributed by atoms with Crippen molar-refractivity contribution in [2.45, 2.75) is 17.9 Å². The van der Waals surface area contributed by atoms with Crippen LogP contribution in [0.3, 0.4) is 0 Å². The molecule has 5 rings (SSSR count). The lowest BCUT2D eigenvalue weighted by atomic mass is 9.93. The molecule has 3 aromatic carbocycles. The second-order valence-corrected chi connectivity index (χ2v) is 13.0. The van der Waals surface area contributed by atoms with Gasteiger partial charge in [-0.15, -0.1) is 18.2 Å². The van der Waals surface area contributed by atoms with Gasteiger partial charge in [0.25, 0.3) is 5.56 Å². The van der Waals surface area contributed by atoms with Crippen LogP contribution < -0.4 is 19.6 Å². The number of carbonyl (C=O) groups is 1. The molecule has 4 aromatic rings. The number of benzene rings is 3. The molecule has 0 fully saturated rings. The predicted octanol–water partition coefficient (Wildman–Crippen LogP) is 6.04. The number of carbonyl (C=O) groups excluding carboxylic acids is 1. The number of thioether (sulfide) groups is 1. The highest BCUT2D eigenvalue weighted by Gasteiger charge is 2.35. The molecule has 0 radical (unpaired) electrons. The van der Waals surface area contributed by atoms with Crippen LogP contribution in [0.5, 0.6) is 5.75 Å². The molecule has 0 bridgehead atoms. The zero-order valence-electron chi connectivity index (χ0n) is 22.6. The molecule has 212 valence electrons. The Labute approximate surface area is 273 Å². The molecule has 2 heterocycles. The van der Waals surface area contributed by atoms with E-state index in [0.717, 1.165) is 24.1 Å². The summed E-state index contributed by atoms with van der Waals surface area (Å²) in [5, 5.41) is 0. The zero-order chi connectivity index (χ0) is 29.8. The van der Waals surface area contributed by atoms with E-state index in [-0.39, 0.29) is 18.8 Å². The molecule has 42 heavy (non-hydrogen) atoms. The third-order valence-electron chi connectivity index (χ3n) is 6.43. The lowest BCUT2D eigenvalue weighted by Gasteiger charge is -2.26. The number of hydrogen-bond acceptors (Lipinski definition) is 7. The summed E-state index contributed by atoms with van der Waals surface area (Å²) in [7, 11) is 0. The van der Waals surface area contributed by atoms with Gasteiger partial charge in [-0.3, -0.25) is 9.36 Å². The number of terminal acetylenes is 1. The van der Waals surface area contributed by atoms with Crippen LogP contribution in [-0.4, -0.2) is 30.0 Å². The maximum absolute atomic E-state index is 14.2. The molecular formula is C32H24BrIN2O4S2. The van der Waals surface area contributed by atoms with Crippen molar-refractivity contribution in [1.82, 2.24) is 4.57 Å². The first-order valence-corrected chi connectivity index (χ1v) is 16.7. The molecule has 1 aliphatic heterocycles. The van der Waals surface area contributed by atoms with E-state index in [9.17, 15) is 9.59 Å². The van der Waals surface area contributed by atoms with Crippen LogP contribution in [0.15, 0.2) is 91.5 Å². The Morgan fingerprint density at radius 2 is 1.95 bits per heavy atom. The lowest BCUT2D eigenvalue weighted by molar-refractivity contribution is -0.138. The number of fused-ring (bicyclic) bond motifs is 1. The first-order valence-electron chi connectivity index (χ1n) is 12.8. The minimum absolute atomic E-state index is 0.0924.